The Balaban J connectivity index is 1.32. The molecule has 0 saturated carbocycles. The Morgan fingerprint density at radius 1 is 1.19 bits per heavy atom. The molecule has 32 heavy (non-hydrogen) atoms. The lowest BCUT2D eigenvalue weighted by Gasteiger charge is -2.29. The number of carbonyl (C=O) groups excluding carboxylic acids is 2. The van der Waals surface area contributed by atoms with E-state index in [2.05, 4.69) is 36.2 Å². The topological polar surface area (TPSA) is 124 Å². The number of pyridine rings is 2. The largest absolute Gasteiger partial charge is 0.370 e. The van der Waals surface area contributed by atoms with Crippen LogP contribution in [0.1, 0.15) is 12.8 Å². The van der Waals surface area contributed by atoms with Gasteiger partial charge in [0.2, 0.25) is 11.9 Å². The van der Waals surface area contributed by atoms with Crippen LogP contribution < -0.4 is 21.3 Å². The van der Waals surface area contributed by atoms with Gasteiger partial charge in [0.1, 0.15) is 17.7 Å². The third-order valence-corrected chi connectivity index (χ3v) is 5.04. The van der Waals surface area contributed by atoms with E-state index >= 15 is 0 Å². The molecule has 1 aliphatic rings. The average molecular weight is 459 g/mol. The van der Waals surface area contributed by atoms with Gasteiger partial charge in [-0.25, -0.2) is 15.0 Å². The maximum Gasteiger partial charge on any atom is 0.251 e. The molecule has 0 aliphatic carbocycles. The highest BCUT2D eigenvalue weighted by atomic mass is 35.5. The fourth-order valence-electron chi connectivity index (χ4n) is 3.01. The van der Waals surface area contributed by atoms with Crippen LogP contribution >= 0.6 is 11.6 Å². The number of hydrogen-bond donors (Lipinski definition) is 4. The zero-order valence-electron chi connectivity index (χ0n) is 17.8. The van der Waals surface area contributed by atoms with Crippen LogP contribution in [0.25, 0.3) is 0 Å². The number of amides is 2. The van der Waals surface area contributed by atoms with Crippen LogP contribution in [0.5, 0.6) is 0 Å². The molecule has 3 rings (SSSR count). The van der Waals surface area contributed by atoms with E-state index in [1.165, 1.54) is 4.90 Å². The quantitative estimate of drug-likeness (QED) is 0.396. The van der Waals surface area contributed by atoms with E-state index in [-0.39, 0.29) is 18.4 Å². The molecule has 1 unspecified atom stereocenters. The molecule has 0 saturated heterocycles. The van der Waals surface area contributed by atoms with E-state index in [1.807, 2.05) is 12.1 Å². The summed E-state index contributed by atoms with van der Waals surface area (Å²) in [7, 11) is 1.63. The first-order valence-electron chi connectivity index (χ1n) is 10.4. The molecule has 0 radical (unpaired) electrons. The molecule has 4 N–H and O–H groups in total. The minimum Gasteiger partial charge on any atom is -0.370 e. The van der Waals surface area contributed by atoms with Crippen LogP contribution in [0.15, 0.2) is 47.7 Å². The van der Waals surface area contributed by atoms with Gasteiger partial charge in [0.05, 0.1) is 11.6 Å². The van der Waals surface area contributed by atoms with Crippen LogP contribution in [0.2, 0.25) is 5.02 Å². The molecule has 2 aromatic heterocycles. The number of likely N-dealkylation sites (N-methyl/N-ethyl adjacent to an activating group) is 1. The van der Waals surface area contributed by atoms with Gasteiger partial charge in [0.15, 0.2) is 0 Å². The number of aliphatic imine (C=N–C) groups is 1. The molecule has 0 aromatic carbocycles. The number of anilines is 2. The van der Waals surface area contributed by atoms with E-state index in [4.69, 9.17) is 11.6 Å². The molecule has 1 aliphatic heterocycles. The predicted molar refractivity (Wildman–Crippen MR) is 125 cm³/mol. The van der Waals surface area contributed by atoms with Crippen molar-refractivity contribution in [2.24, 2.45) is 4.99 Å². The highest BCUT2D eigenvalue weighted by molar-refractivity contribution is 6.30. The van der Waals surface area contributed by atoms with Crippen molar-refractivity contribution in [3.63, 3.8) is 0 Å². The molecule has 170 valence electrons. The van der Waals surface area contributed by atoms with E-state index < -0.39 is 6.04 Å². The third-order valence-electron chi connectivity index (χ3n) is 4.82. The zero-order chi connectivity index (χ0) is 22.8. The first-order valence-corrected chi connectivity index (χ1v) is 10.8. The summed E-state index contributed by atoms with van der Waals surface area (Å²) < 4.78 is 0. The minimum absolute atomic E-state index is 0.113. The highest BCUT2D eigenvalue weighted by Gasteiger charge is 2.30. The highest BCUT2D eigenvalue weighted by Crippen LogP contribution is 2.09. The van der Waals surface area contributed by atoms with Gasteiger partial charge >= 0.3 is 0 Å². The number of nitrogens with zero attached hydrogens (tertiary/aromatic N) is 4. The van der Waals surface area contributed by atoms with Crippen molar-refractivity contribution < 1.29 is 9.59 Å². The van der Waals surface area contributed by atoms with E-state index in [0.29, 0.717) is 29.8 Å². The number of carbonyl (C=O) groups is 2. The molecule has 0 bridgehead atoms. The lowest BCUT2D eigenvalue weighted by Crippen LogP contribution is -2.55. The molecule has 2 aromatic rings. The molecule has 0 fully saturated rings. The Hall–Kier alpha value is -3.24. The molecule has 3 heterocycles. The van der Waals surface area contributed by atoms with Crippen LogP contribution in [0.4, 0.5) is 11.6 Å². The number of hydrogen-bond acceptors (Lipinski definition) is 8. The zero-order valence-corrected chi connectivity index (χ0v) is 18.6. The van der Waals surface area contributed by atoms with E-state index in [9.17, 15) is 9.59 Å². The Morgan fingerprint density at radius 2 is 2.06 bits per heavy atom. The summed E-state index contributed by atoms with van der Waals surface area (Å²) in [5.74, 6) is 1.30. The number of guanidine groups is 1. The second-order valence-corrected chi connectivity index (χ2v) is 7.62. The minimum atomic E-state index is -0.632. The van der Waals surface area contributed by atoms with E-state index in [1.54, 1.807) is 37.6 Å². The van der Waals surface area contributed by atoms with Gasteiger partial charge in [-0.05, 0) is 37.2 Å². The van der Waals surface area contributed by atoms with Gasteiger partial charge in [-0.2, -0.15) is 0 Å². The van der Waals surface area contributed by atoms with Crippen molar-refractivity contribution in [3.05, 3.63) is 47.7 Å². The smallest absolute Gasteiger partial charge is 0.251 e. The standard InChI is InChI=1S/C21H27ClN8O2/c1-30(16-14-27-21(29-20(16)32)28-18-5-2-3-10-25-18)19(31)8-12-23-9-4-11-24-17-7-6-15(22)13-26-17/h2-3,5-7,10,13,16,23H,4,8-9,11-12,14H2,1H3,(H,24,26)(H2,25,27,28,29,32). The van der Waals surface area contributed by atoms with Gasteiger partial charge in [-0.15, -0.1) is 0 Å². The Morgan fingerprint density at radius 3 is 2.78 bits per heavy atom. The summed E-state index contributed by atoms with van der Waals surface area (Å²) in [5.41, 5.74) is 0. The first kappa shape index (κ1) is 23.4. The normalized spacial score (nSPS) is 15.5. The van der Waals surface area contributed by atoms with Crippen molar-refractivity contribution in [2.75, 3.05) is 43.9 Å². The van der Waals surface area contributed by atoms with Gasteiger partial charge in [0, 0.05) is 39.0 Å². The van der Waals surface area contributed by atoms with Gasteiger partial charge in [-0.1, -0.05) is 17.7 Å². The van der Waals surface area contributed by atoms with Crippen molar-refractivity contribution in [1.82, 2.24) is 25.5 Å². The van der Waals surface area contributed by atoms with Crippen LogP contribution in [-0.4, -0.2) is 71.9 Å². The number of rotatable bonds is 10. The maximum absolute atomic E-state index is 12.5. The molecule has 11 heteroatoms. The fraction of sp³-hybridized carbons (Fsp3) is 0.381. The van der Waals surface area contributed by atoms with Gasteiger partial charge in [-0.3, -0.25) is 14.9 Å². The second-order valence-electron chi connectivity index (χ2n) is 7.18. The fourth-order valence-corrected chi connectivity index (χ4v) is 3.12. The molecule has 2 amide bonds. The molecular weight excluding hydrogens is 432 g/mol. The van der Waals surface area contributed by atoms with Gasteiger partial charge < -0.3 is 20.9 Å². The van der Waals surface area contributed by atoms with Crippen LogP contribution in [0.3, 0.4) is 0 Å². The van der Waals surface area contributed by atoms with Crippen molar-refractivity contribution in [2.45, 2.75) is 18.9 Å². The summed E-state index contributed by atoms with van der Waals surface area (Å²) >= 11 is 5.81. The molecule has 0 spiro atoms. The second kappa shape index (κ2) is 12.0. The van der Waals surface area contributed by atoms with Crippen molar-refractivity contribution in [1.29, 1.82) is 0 Å². The van der Waals surface area contributed by atoms with Crippen molar-refractivity contribution in [3.8, 4) is 0 Å². The summed E-state index contributed by atoms with van der Waals surface area (Å²) in [5, 5.41) is 12.7. The monoisotopic (exact) mass is 458 g/mol. The Labute approximate surface area is 191 Å². The predicted octanol–water partition coefficient (Wildman–Crippen LogP) is 1.34. The molecule has 1 atom stereocenters. The Kier molecular flexibility index (Phi) is 8.76. The third kappa shape index (κ3) is 7.17. The maximum atomic E-state index is 12.5. The van der Waals surface area contributed by atoms with Gasteiger partial charge in [0.25, 0.3) is 5.91 Å². The Bertz CT molecular complexity index is 923. The molecular formula is C21H27ClN8O2. The summed E-state index contributed by atoms with van der Waals surface area (Å²) in [6, 6.07) is 8.38. The van der Waals surface area contributed by atoms with Crippen LogP contribution in [-0.2, 0) is 9.59 Å². The summed E-state index contributed by atoms with van der Waals surface area (Å²) in [4.78, 5) is 39.0. The van der Waals surface area contributed by atoms with Crippen LogP contribution in [0, 0.1) is 0 Å². The lowest BCUT2D eigenvalue weighted by molar-refractivity contribution is -0.138. The number of halogens is 1. The average Bonchev–Trinajstić information content (AvgIpc) is 2.80. The SMILES string of the molecule is CN(C(=O)CCNCCCNc1ccc(Cl)cn1)C1CN=C(Nc2ccccn2)NC1=O. The number of aromatic nitrogens is 2. The summed E-state index contributed by atoms with van der Waals surface area (Å²) in [6.45, 7) is 2.24. The van der Waals surface area contributed by atoms with E-state index in [0.717, 1.165) is 25.3 Å². The molecule has 10 nitrogen and oxygen atoms in total. The first-order chi connectivity index (χ1) is 15.5. The lowest BCUT2D eigenvalue weighted by atomic mass is 10.2. The van der Waals surface area contributed by atoms with Crippen molar-refractivity contribution >= 4 is 41.0 Å². The number of nitrogens with one attached hydrogen (secondary N) is 4. The summed E-state index contributed by atoms with van der Waals surface area (Å²) in [6.07, 6.45) is 4.42.